The number of hydrogen-bond acceptors (Lipinski definition) is 8. The molecule has 1 aromatic carbocycles. The third-order valence-electron chi connectivity index (χ3n) is 8.51. The standard InChI is InChI=1S/C28H36N6O4S/c1-31(39(2,36)37)28(35)23-19-24(33-13-11-21(12-14-33)32-15-17-38-18-16-32)25-26(20-7-6-8-20)30-34(27(25)29-23)22-9-4-3-5-10-22/h3-5,9-10,19-21H,6-8,11-18H2,1-2H3. The van der Waals surface area contributed by atoms with Crippen LogP contribution < -0.4 is 4.90 Å². The van der Waals surface area contributed by atoms with E-state index in [-0.39, 0.29) is 5.69 Å². The second-order valence-corrected chi connectivity index (χ2v) is 12.9. The van der Waals surface area contributed by atoms with Gasteiger partial charge in [-0.3, -0.25) is 9.69 Å². The van der Waals surface area contributed by atoms with Gasteiger partial charge in [0.05, 0.1) is 41.9 Å². The van der Waals surface area contributed by atoms with E-state index < -0.39 is 15.9 Å². The smallest absolute Gasteiger partial charge is 0.285 e. The van der Waals surface area contributed by atoms with E-state index in [0.717, 1.165) is 98.1 Å². The maximum Gasteiger partial charge on any atom is 0.285 e. The molecule has 39 heavy (non-hydrogen) atoms. The van der Waals surface area contributed by atoms with E-state index in [2.05, 4.69) is 9.80 Å². The average molecular weight is 553 g/mol. The third-order valence-corrected chi connectivity index (χ3v) is 9.67. The Labute approximate surface area is 229 Å². The van der Waals surface area contributed by atoms with Crippen LogP contribution >= 0.6 is 0 Å². The molecule has 3 aliphatic rings. The van der Waals surface area contributed by atoms with E-state index in [1.807, 2.05) is 35.0 Å². The van der Waals surface area contributed by atoms with Crippen LogP contribution in [0.5, 0.6) is 0 Å². The number of sulfonamides is 1. The average Bonchev–Trinajstić information content (AvgIpc) is 3.30. The molecule has 2 aliphatic heterocycles. The summed E-state index contributed by atoms with van der Waals surface area (Å²) in [5.41, 5.74) is 3.51. The van der Waals surface area contributed by atoms with Crippen LogP contribution in [-0.2, 0) is 14.8 Å². The molecule has 4 heterocycles. The number of piperidine rings is 1. The zero-order valence-corrected chi connectivity index (χ0v) is 23.4. The highest BCUT2D eigenvalue weighted by Crippen LogP contribution is 2.43. The predicted molar refractivity (Wildman–Crippen MR) is 150 cm³/mol. The van der Waals surface area contributed by atoms with Gasteiger partial charge in [0.25, 0.3) is 5.91 Å². The molecule has 3 fully saturated rings. The number of morpholine rings is 1. The van der Waals surface area contributed by atoms with Crippen LogP contribution in [0.15, 0.2) is 36.4 Å². The van der Waals surface area contributed by atoms with E-state index in [9.17, 15) is 13.2 Å². The second-order valence-electron chi connectivity index (χ2n) is 10.9. The van der Waals surface area contributed by atoms with Crippen LogP contribution in [0.2, 0.25) is 0 Å². The molecule has 6 rings (SSSR count). The van der Waals surface area contributed by atoms with Gasteiger partial charge >= 0.3 is 0 Å². The van der Waals surface area contributed by atoms with Gasteiger partial charge in [0.1, 0.15) is 5.69 Å². The number of para-hydroxylation sites is 1. The zero-order chi connectivity index (χ0) is 27.1. The van der Waals surface area contributed by atoms with E-state index in [0.29, 0.717) is 17.6 Å². The number of nitrogens with zero attached hydrogens (tertiary/aromatic N) is 6. The van der Waals surface area contributed by atoms with Crippen molar-refractivity contribution in [2.75, 3.05) is 57.6 Å². The van der Waals surface area contributed by atoms with Gasteiger partial charge in [-0.25, -0.2) is 22.4 Å². The van der Waals surface area contributed by atoms with E-state index in [1.54, 1.807) is 6.07 Å². The molecule has 0 unspecified atom stereocenters. The van der Waals surface area contributed by atoms with Crippen LogP contribution in [0.3, 0.4) is 0 Å². The summed E-state index contributed by atoms with van der Waals surface area (Å²) in [4.78, 5) is 23.1. The highest BCUT2D eigenvalue weighted by Gasteiger charge is 2.33. The fourth-order valence-electron chi connectivity index (χ4n) is 5.92. The summed E-state index contributed by atoms with van der Waals surface area (Å²) in [6, 6.07) is 12.1. The summed E-state index contributed by atoms with van der Waals surface area (Å²) in [6.45, 7) is 5.20. The number of carbonyl (C=O) groups is 1. The molecule has 0 N–H and O–H groups in total. The molecule has 0 radical (unpaired) electrons. The van der Waals surface area contributed by atoms with Crippen molar-refractivity contribution in [2.45, 2.75) is 44.1 Å². The van der Waals surface area contributed by atoms with Crippen molar-refractivity contribution in [1.29, 1.82) is 0 Å². The Bertz CT molecular complexity index is 1460. The first-order valence-electron chi connectivity index (χ1n) is 13.9. The Morgan fingerprint density at radius 1 is 1.03 bits per heavy atom. The molecule has 0 atom stereocenters. The van der Waals surface area contributed by atoms with Crippen LogP contribution in [0.25, 0.3) is 16.7 Å². The molecule has 1 amide bonds. The molecule has 1 saturated carbocycles. The third kappa shape index (κ3) is 5.03. The van der Waals surface area contributed by atoms with Crippen LogP contribution in [-0.4, -0.2) is 97.0 Å². The number of aromatic nitrogens is 3. The number of ether oxygens (including phenoxy) is 1. The first-order chi connectivity index (χ1) is 18.8. The summed E-state index contributed by atoms with van der Waals surface area (Å²) in [5, 5.41) is 6.06. The van der Waals surface area contributed by atoms with Crippen molar-refractivity contribution in [2.24, 2.45) is 0 Å². The Balaban J connectivity index is 1.46. The van der Waals surface area contributed by atoms with Crippen molar-refractivity contribution in [3.05, 3.63) is 47.8 Å². The Kier molecular flexibility index (Phi) is 7.07. The van der Waals surface area contributed by atoms with Gasteiger partial charge in [0, 0.05) is 45.2 Å². The van der Waals surface area contributed by atoms with Crippen molar-refractivity contribution < 1.29 is 17.9 Å². The molecular weight excluding hydrogens is 516 g/mol. The highest BCUT2D eigenvalue weighted by atomic mass is 32.2. The summed E-state index contributed by atoms with van der Waals surface area (Å²) < 4.78 is 32.6. The van der Waals surface area contributed by atoms with Crippen molar-refractivity contribution in [3.8, 4) is 5.69 Å². The van der Waals surface area contributed by atoms with Gasteiger partial charge in [0.15, 0.2) is 5.65 Å². The molecule has 208 valence electrons. The largest absolute Gasteiger partial charge is 0.379 e. The molecule has 10 nitrogen and oxygen atoms in total. The lowest BCUT2D eigenvalue weighted by molar-refractivity contribution is 0.0115. The first-order valence-corrected chi connectivity index (χ1v) is 15.7. The minimum atomic E-state index is -3.73. The van der Waals surface area contributed by atoms with Crippen molar-refractivity contribution in [1.82, 2.24) is 24.0 Å². The quantitative estimate of drug-likeness (QED) is 0.460. The van der Waals surface area contributed by atoms with Gasteiger partial charge < -0.3 is 9.64 Å². The molecular formula is C28H36N6O4S. The predicted octanol–water partition coefficient (Wildman–Crippen LogP) is 3.02. The van der Waals surface area contributed by atoms with Crippen LogP contribution in [0, 0.1) is 0 Å². The maximum atomic E-state index is 13.4. The van der Waals surface area contributed by atoms with Gasteiger partial charge in [-0.05, 0) is 43.9 Å². The molecule has 2 aromatic heterocycles. The fourth-order valence-corrected chi connectivity index (χ4v) is 6.32. The zero-order valence-electron chi connectivity index (χ0n) is 22.6. The Morgan fingerprint density at radius 2 is 1.72 bits per heavy atom. The number of pyridine rings is 1. The number of carbonyl (C=O) groups excluding carboxylic acids is 1. The SMILES string of the molecule is CN(C(=O)c1cc(N2CCC(N3CCOCC3)CC2)c2c(C3CCC3)nn(-c3ccccc3)c2n1)S(C)(=O)=O. The molecule has 2 saturated heterocycles. The minimum absolute atomic E-state index is 0.109. The lowest BCUT2D eigenvalue weighted by atomic mass is 9.82. The fraction of sp³-hybridized carbons (Fsp3) is 0.536. The number of fused-ring (bicyclic) bond motifs is 1. The van der Waals surface area contributed by atoms with E-state index in [4.69, 9.17) is 14.8 Å². The molecule has 1 aliphatic carbocycles. The lowest BCUT2D eigenvalue weighted by Crippen LogP contribution is -2.49. The number of hydrogen-bond donors (Lipinski definition) is 0. The molecule has 0 spiro atoms. The lowest BCUT2D eigenvalue weighted by Gasteiger charge is -2.41. The van der Waals surface area contributed by atoms with Crippen LogP contribution in [0.4, 0.5) is 5.69 Å². The number of amides is 1. The van der Waals surface area contributed by atoms with E-state index in [1.165, 1.54) is 13.5 Å². The van der Waals surface area contributed by atoms with Gasteiger partial charge in [-0.1, -0.05) is 24.6 Å². The molecule has 0 bridgehead atoms. The van der Waals surface area contributed by atoms with Gasteiger partial charge in [-0.2, -0.15) is 5.10 Å². The van der Waals surface area contributed by atoms with Crippen LogP contribution in [0.1, 0.15) is 54.2 Å². The second kappa shape index (κ2) is 10.5. The minimum Gasteiger partial charge on any atom is -0.379 e. The van der Waals surface area contributed by atoms with Gasteiger partial charge in [0.2, 0.25) is 10.0 Å². The Morgan fingerprint density at radius 3 is 2.33 bits per heavy atom. The number of anilines is 1. The normalized spacial score (nSPS) is 19.8. The summed E-state index contributed by atoms with van der Waals surface area (Å²) in [6.07, 6.45) is 6.40. The van der Waals surface area contributed by atoms with E-state index >= 15 is 0 Å². The maximum absolute atomic E-state index is 13.4. The Hall–Kier alpha value is -3.02. The monoisotopic (exact) mass is 552 g/mol. The summed E-state index contributed by atoms with van der Waals surface area (Å²) >= 11 is 0. The number of benzene rings is 1. The summed E-state index contributed by atoms with van der Waals surface area (Å²) in [5.74, 6) is -0.293. The summed E-state index contributed by atoms with van der Waals surface area (Å²) in [7, 11) is -2.45. The number of rotatable bonds is 6. The highest BCUT2D eigenvalue weighted by molar-refractivity contribution is 7.88. The molecule has 3 aromatic rings. The van der Waals surface area contributed by atoms with Crippen molar-refractivity contribution >= 4 is 32.7 Å². The molecule has 11 heteroatoms. The van der Waals surface area contributed by atoms with Crippen molar-refractivity contribution in [3.63, 3.8) is 0 Å². The first kappa shape index (κ1) is 26.2. The van der Waals surface area contributed by atoms with Gasteiger partial charge in [-0.15, -0.1) is 0 Å². The topological polar surface area (TPSA) is 101 Å².